The maximum absolute atomic E-state index is 14.0. The molecular formula is C19H15Cl2F2N3O2S2. The number of piperazine rings is 1. The molecule has 1 aromatic heterocycles. The fourth-order valence-electron chi connectivity index (χ4n) is 3.21. The summed E-state index contributed by atoms with van der Waals surface area (Å²) < 4.78 is 54.5. The van der Waals surface area contributed by atoms with Crippen molar-refractivity contribution in [2.45, 2.75) is 4.90 Å². The Labute approximate surface area is 186 Å². The third-order valence-electron chi connectivity index (χ3n) is 4.73. The largest absolute Gasteiger partial charge is 0.345 e. The van der Waals surface area contributed by atoms with Crippen molar-refractivity contribution in [3.05, 3.63) is 63.5 Å². The molecule has 0 radical (unpaired) electrons. The van der Waals surface area contributed by atoms with E-state index < -0.39 is 26.6 Å². The maximum atomic E-state index is 14.0. The van der Waals surface area contributed by atoms with E-state index in [1.165, 1.54) is 11.3 Å². The third kappa shape index (κ3) is 4.04. The van der Waals surface area contributed by atoms with E-state index in [1.54, 1.807) is 18.2 Å². The SMILES string of the molecule is O=S(=O)(c1c(F)cccc1F)N1CCN(c2nc(-c3ccc(Cl)cc3Cl)cs2)CC1. The monoisotopic (exact) mass is 489 g/mol. The van der Waals surface area contributed by atoms with Gasteiger partial charge in [0.2, 0.25) is 10.0 Å². The van der Waals surface area contributed by atoms with Crippen molar-refractivity contribution in [1.29, 1.82) is 0 Å². The van der Waals surface area contributed by atoms with Gasteiger partial charge in [0.1, 0.15) is 11.6 Å². The Morgan fingerprint density at radius 2 is 1.67 bits per heavy atom. The lowest BCUT2D eigenvalue weighted by Gasteiger charge is -2.33. The van der Waals surface area contributed by atoms with Crippen LogP contribution in [-0.4, -0.2) is 43.9 Å². The van der Waals surface area contributed by atoms with Gasteiger partial charge in [-0.1, -0.05) is 29.3 Å². The minimum atomic E-state index is -4.27. The Hall–Kier alpha value is -1.78. The Morgan fingerprint density at radius 1 is 1.00 bits per heavy atom. The predicted molar refractivity (Wildman–Crippen MR) is 115 cm³/mol. The molecule has 158 valence electrons. The summed E-state index contributed by atoms with van der Waals surface area (Å²) in [5.41, 5.74) is 1.44. The molecule has 2 aromatic carbocycles. The average Bonchev–Trinajstić information content (AvgIpc) is 3.17. The topological polar surface area (TPSA) is 53.5 Å². The molecule has 1 aliphatic heterocycles. The van der Waals surface area contributed by atoms with Crippen molar-refractivity contribution in [3.8, 4) is 11.3 Å². The quantitative estimate of drug-likeness (QED) is 0.522. The van der Waals surface area contributed by atoms with E-state index in [9.17, 15) is 17.2 Å². The van der Waals surface area contributed by atoms with Gasteiger partial charge in [-0.3, -0.25) is 0 Å². The average molecular weight is 490 g/mol. The molecule has 4 rings (SSSR count). The number of hydrogen-bond acceptors (Lipinski definition) is 5. The van der Waals surface area contributed by atoms with Gasteiger partial charge in [0, 0.05) is 42.1 Å². The zero-order valence-electron chi connectivity index (χ0n) is 15.4. The van der Waals surface area contributed by atoms with Gasteiger partial charge in [0.05, 0.1) is 10.7 Å². The van der Waals surface area contributed by atoms with E-state index in [2.05, 4.69) is 4.98 Å². The highest BCUT2D eigenvalue weighted by Crippen LogP contribution is 2.34. The first-order valence-electron chi connectivity index (χ1n) is 8.87. The van der Waals surface area contributed by atoms with Gasteiger partial charge in [0.25, 0.3) is 0 Å². The molecule has 0 amide bonds. The van der Waals surface area contributed by atoms with Crippen LogP contribution in [0.5, 0.6) is 0 Å². The van der Waals surface area contributed by atoms with Crippen LogP contribution in [0.1, 0.15) is 0 Å². The first-order valence-corrected chi connectivity index (χ1v) is 11.9. The summed E-state index contributed by atoms with van der Waals surface area (Å²) in [5.74, 6) is -2.19. The van der Waals surface area contributed by atoms with Crippen molar-refractivity contribution in [2.75, 3.05) is 31.1 Å². The molecule has 0 atom stereocenters. The summed E-state index contributed by atoms with van der Waals surface area (Å²) in [4.78, 5) is 5.62. The Kier molecular flexibility index (Phi) is 6.00. The minimum Gasteiger partial charge on any atom is -0.345 e. The van der Waals surface area contributed by atoms with Crippen LogP contribution in [0.4, 0.5) is 13.9 Å². The van der Waals surface area contributed by atoms with Crippen LogP contribution < -0.4 is 4.90 Å². The van der Waals surface area contributed by atoms with Crippen LogP contribution in [0.15, 0.2) is 46.7 Å². The van der Waals surface area contributed by atoms with E-state index in [-0.39, 0.29) is 13.1 Å². The number of hydrogen-bond donors (Lipinski definition) is 0. The van der Waals surface area contributed by atoms with E-state index in [0.717, 1.165) is 28.1 Å². The molecule has 30 heavy (non-hydrogen) atoms. The van der Waals surface area contributed by atoms with Crippen LogP contribution in [0.2, 0.25) is 10.0 Å². The lowest BCUT2D eigenvalue weighted by molar-refractivity contribution is 0.378. The lowest BCUT2D eigenvalue weighted by Crippen LogP contribution is -2.49. The van der Waals surface area contributed by atoms with E-state index in [4.69, 9.17) is 23.2 Å². The van der Waals surface area contributed by atoms with Gasteiger partial charge in [-0.05, 0) is 30.3 Å². The van der Waals surface area contributed by atoms with Crippen LogP contribution in [0.25, 0.3) is 11.3 Å². The Morgan fingerprint density at radius 3 is 2.30 bits per heavy atom. The molecule has 0 saturated carbocycles. The number of thiazole rings is 1. The van der Waals surface area contributed by atoms with Crippen molar-refractivity contribution < 1.29 is 17.2 Å². The predicted octanol–water partition coefficient (Wildman–Crippen LogP) is 4.91. The van der Waals surface area contributed by atoms with Crippen molar-refractivity contribution >= 4 is 49.7 Å². The fourth-order valence-corrected chi connectivity index (χ4v) is 6.12. The van der Waals surface area contributed by atoms with Crippen molar-refractivity contribution in [2.24, 2.45) is 0 Å². The summed E-state index contributed by atoms with van der Waals surface area (Å²) in [6.45, 7) is 0.868. The van der Waals surface area contributed by atoms with Gasteiger partial charge in [0.15, 0.2) is 10.0 Å². The first-order chi connectivity index (χ1) is 14.3. The maximum Gasteiger partial charge on any atom is 0.249 e. The Balaban J connectivity index is 1.50. The van der Waals surface area contributed by atoms with E-state index in [1.807, 2.05) is 10.3 Å². The molecule has 2 heterocycles. The standard InChI is InChI=1S/C19H15Cl2F2N3O2S2/c20-12-4-5-13(14(21)10-12)17-11-29-19(24-17)25-6-8-26(9-7-25)30(27,28)18-15(22)2-1-3-16(18)23/h1-5,10-11H,6-9H2. The molecule has 1 saturated heterocycles. The molecule has 1 fully saturated rings. The van der Waals surface area contributed by atoms with E-state index >= 15 is 0 Å². The molecular weight excluding hydrogens is 475 g/mol. The number of halogens is 4. The molecule has 0 spiro atoms. The van der Waals surface area contributed by atoms with Gasteiger partial charge >= 0.3 is 0 Å². The molecule has 11 heteroatoms. The van der Waals surface area contributed by atoms with Crippen molar-refractivity contribution in [1.82, 2.24) is 9.29 Å². The molecule has 3 aromatic rings. The fraction of sp³-hybridized carbons (Fsp3) is 0.211. The second-order valence-corrected chi connectivity index (χ2v) is 10.1. The van der Waals surface area contributed by atoms with Gasteiger partial charge < -0.3 is 4.90 Å². The molecule has 0 unspecified atom stereocenters. The Bertz CT molecular complexity index is 1180. The normalized spacial score (nSPS) is 15.5. The number of rotatable bonds is 4. The summed E-state index contributed by atoms with van der Waals surface area (Å²) in [5, 5.41) is 3.59. The van der Waals surface area contributed by atoms with Crippen LogP contribution in [-0.2, 0) is 10.0 Å². The summed E-state index contributed by atoms with van der Waals surface area (Å²) >= 11 is 13.6. The number of anilines is 1. The van der Waals surface area contributed by atoms with Gasteiger partial charge in [-0.25, -0.2) is 22.2 Å². The van der Waals surface area contributed by atoms with Crippen LogP contribution in [0.3, 0.4) is 0 Å². The molecule has 0 bridgehead atoms. The van der Waals surface area contributed by atoms with E-state index in [0.29, 0.717) is 34.0 Å². The minimum absolute atomic E-state index is 0.0900. The molecule has 1 aliphatic rings. The third-order valence-corrected chi connectivity index (χ3v) is 8.13. The number of benzene rings is 2. The number of aromatic nitrogens is 1. The molecule has 5 nitrogen and oxygen atoms in total. The second-order valence-electron chi connectivity index (χ2n) is 6.58. The number of nitrogens with zero attached hydrogens (tertiary/aromatic N) is 3. The first kappa shape index (κ1) is 21.5. The number of sulfonamides is 1. The highest BCUT2D eigenvalue weighted by molar-refractivity contribution is 7.89. The van der Waals surface area contributed by atoms with Crippen molar-refractivity contribution in [3.63, 3.8) is 0 Å². The second kappa shape index (κ2) is 8.39. The van der Waals surface area contributed by atoms with Gasteiger partial charge in [-0.15, -0.1) is 11.3 Å². The van der Waals surface area contributed by atoms with Crippen LogP contribution in [0, 0.1) is 11.6 Å². The summed E-state index contributed by atoms with van der Waals surface area (Å²) in [6, 6.07) is 8.16. The smallest absolute Gasteiger partial charge is 0.249 e. The summed E-state index contributed by atoms with van der Waals surface area (Å²) in [7, 11) is -4.27. The zero-order chi connectivity index (χ0) is 21.5. The highest BCUT2D eigenvalue weighted by Gasteiger charge is 2.33. The highest BCUT2D eigenvalue weighted by atomic mass is 35.5. The van der Waals surface area contributed by atoms with Gasteiger partial charge in [-0.2, -0.15) is 4.31 Å². The van der Waals surface area contributed by atoms with Crippen LogP contribution >= 0.6 is 34.5 Å². The lowest BCUT2D eigenvalue weighted by atomic mass is 10.2. The zero-order valence-corrected chi connectivity index (χ0v) is 18.5. The molecule has 0 N–H and O–H groups in total. The summed E-state index contributed by atoms with van der Waals surface area (Å²) in [6.07, 6.45) is 0. The molecule has 0 aliphatic carbocycles.